The van der Waals surface area contributed by atoms with Crippen molar-refractivity contribution < 1.29 is 37.0 Å². The maximum absolute atomic E-state index is 12.7. The smallest absolute Gasteiger partial charge is 0.406 e. The van der Waals surface area contributed by atoms with Gasteiger partial charge in [-0.15, -0.1) is 0 Å². The van der Waals surface area contributed by atoms with E-state index in [4.69, 9.17) is 14.2 Å². The molecule has 0 fully saturated rings. The summed E-state index contributed by atoms with van der Waals surface area (Å²) in [6.07, 6.45) is -4.50. The number of aryl methyl sites for hydroxylation is 1. The van der Waals surface area contributed by atoms with E-state index in [1.54, 1.807) is 18.2 Å². The fourth-order valence-electron chi connectivity index (χ4n) is 2.94. The van der Waals surface area contributed by atoms with Gasteiger partial charge in [0.1, 0.15) is 6.54 Å². The number of ketones is 1. The highest BCUT2D eigenvalue weighted by Gasteiger charge is 2.30. The van der Waals surface area contributed by atoms with Crippen LogP contribution in [0.5, 0.6) is 11.5 Å². The zero-order chi connectivity index (χ0) is 21.8. The van der Waals surface area contributed by atoms with Crippen LogP contribution in [0.25, 0.3) is 0 Å². The fraction of sp³-hybridized carbons (Fsp3) is 0.400. The van der Waals surface area contributed by atoms with Crippen LogP contribution in [0.4, 0.5) is 13.2 Å². The number of carbonyl (C=O) groups is 2. The molecule has 0 aliphatic heterocycles. The van der Waals surface area contributed by atoms with Crippen LogP contribution in [0.2, 0.25) is 0 Å². The van der Waals surface area contributed by atoms with Gasteiger partial charge in [0, 0.05) is 17.0 Å². The molecular weight excluding hydrogens is 391 g/mol. The predicted molar refractivity (Wildman–Crippen MR) is 98.5 cm³/mol. The predicted octanol–water partition coefficient (Wildman–Crippen LogP) is 3.65. The van der Waals surface area contributed by atoms with Gasteiger partial charge in [-0.1, -0.05) is 6.07 Å². The number of hydrogen-bond donors (Lipinski definition) is 0. The van der Waals surface area contributed by atoms with Crippen molar-refractivity contribution in [2.45, 2.75) is 33.0 Å². The van der Waals surface area contributed by atoms with E-state index in [1.807, 2.05) is 0 Å². The van der Waals surface area contributed by atoms with E-state index in [0.717, 1.165) is 4.57 Å². The Bertz CT molecular complexity index is 902. The third-order valence-electron chi connectivity index (χ3n) is 4.37. The molecule has 2 rings (SSSR count). The zero-order valence-electron chi connectivity index (χ0n) is 16.6. The highest BCUT2D eigenvalue weighted by molar-refractivity contribution is 5.99. The van der Waals surface area contributed by atoms with E-state index in [0.29, 0.717) is 22.8 Å². The van der Waals surface area contributed by atoms with Crippen LogP contribution >= 0.6 is 0 Å². The van der Waals surface area contributed by atoms with Gasteiger partial charge in [-0.05, 0) is 37.6 Å². The molecule has 1 heterocycles. The number of hydrogen-bond acceptors (Lipinski definition) is 5. The van der Waals surface area contributed by atoms with Crippen LogP contribution < -0.4 is 9.47 Å². The molecule has 0 bridgehead atoms. The summed E-state index contributed by atoms with van der Waals surface area (Å²) in [7, 11) is 2.96. The Labute approximate surface area is 166 Å². The SMILES string of the molecule is COc1ccc(CC(=O)OCC(=O)c2cc(C)n(CC(F)(F)F)c2C)cc1OC. The largest absolute Gasteiger partial charge is 0.493 e. The topological polar surface area (TPSA) is 66.8 Å². The number of nitrogens with zero attached hydrogens (tertiary/aromatic N) is 1. The molecule has 0 saturated heterocycles. The van der Waals surface area contributed by atoms with Gasteiger partial charge in [-0.25, -0.2) is 0 Å². The van der Waals surface area contributed by atoms with Crippen molar-refractivity contribution >= 4 is 11.8 Å². The van der Waals surface area contributed by atoms with Gasteiger partial charge in [0.15, 0.2) is 18.1 Å². The summed E-state index contributed by atoms with van der Waals surface area (Å²) in [6.45, 7) is 1.18. The normalized spacial score (nSPS) is 11.3. The average Bonchev–Trinajstić information content (AvgIpc) is 2.93. The number of Topliss-reactive ketones (excluding diaryl/α,β-unsaturated/α-hetero) is 1. The number of halogens is 3. The van der Waals surface area contributed by atoms with Crippen molar-refractivity contribution in [3.05, 3.63) is 46.8 Å². The Morgan fingerprint density at radius 3 is 2.28 bits per heavy atom. The van der Waals surface area contributed by atoms with Crippen LogP contribution in [-0.2, 0) is 22.5 Å². The van der Waals surface area contributed by atoms with E-state index < -0.39 is 31.1 Å². The van der Waals surface area contributed by atoms with Crippen molar-refractivity contribution in [1.82, 2.24) is 4.57 Å². The highest BCUT2D eigenvalue weighted by Crippen LogP contribution is 2.28. The number of esters is 1. The number of ether oxygens (including phenoxy) is 3. The number of methoxy groups -OCH3 is 2. The summed E-state index contributed by atoms with van der Waals surface area (Å²) in [6, 6.07) is 6.29. The Balaban J connectivity index is 2.00. The van der Waals surface area contributed by atoms with Gasteiger partial charge in [-0.3, -0.25) is 9.59 Å². The van der Waals surface area contributed by atoms with Gasteiger partial charge in [0.25, 0.3) is 0 Å². The summed E-state index contributed by atoms with van der Waals surface area (Å²) in [5.74, 6) is -0.248. The van der Waals surface area contributed by atoms with E-state index in [-0.39, 0.29) is 17.7 Å². The quantitative estimate of drug-likeness (QED) is 0.488. The Morgan fingerprint density at radius 1 is 1.03 bits per heavy atom. The lowest BCUT2D eigenvalue weighted by atomic mass is 10.1. The van der Waals surface area contributed by atoms with E-state index in [9.17, 15) is 22.8 Å². The molecule has 0 radical (unpaired) electrons. The van der Waals surface area contributed by atoms with Crippen LogP contribution in [0.15, 0.2) is 24.3 Å². The van der Waals surface area contributed by atoms with Crippen LogP contribution in [0, 0.1) is 13.8 Å². The summed E-state index contributed by atoms with van der Waals surface area (Å²) in [5, 5.41) is 0. The summed E-state index contributed by atoms with van der Waals surface area (Å²) < 4.78 is 54.3. The molecular formula is C20H22F3NO5. The first kappa shape index (κ1) is 22.3. The molecule has 2 aromatic rings. The number of aromatic nitrogens is 1. The van der Waals surface area contributed by atoms with Crippen LogP contribution in [0.3, 0.4) is 0 Å². The minimum absolute atomic E-state index is 0.0965. The third kappa shape index (κ3) is 5.75. The van der Waals surface area contributed by atoms with Gasteiger partial charge >= 0.3 is 12.1 Å². The zero-order valence-corrected chi connectivity index (χ0v) is 16.6. The van der Waals surface area contributed by atoms with Gasteiger partial charge in [0.2, 0.25) is 5.78 Å². The average molecular weight is 413 g/mol. The maximum Gasteiger partial charge on any atom is 0.406 e. The molecule has 0 spiro atoms. The van der Waals surface area contributed by atoms with Crippen molar-refractivity contribution in [2.75, 3.05) is 20.8 Å². The van der Waals surface area contributed by atoms with Crippen molar-refractivity contribution in [3.8, 4) is 11.5 Å². The number of rotatable bonds is 8. The molecule has 6 nitrogen and oxygen atoms in total. The summed E-state index contributed by atoms with van der Waals surface area (Å²) in [5.41, 5.74) is 1.19. The van der Waals surface area contributed by atoms with Crippen molar-refractivity contribution in [2.24, 2.45) is 0 Å². The number of benzene rings is 1. The summed E-state index contributed by atoms with van der Waals surface area (Å²) >= 11 is 0. The first-order valence-corrected chi connectivity index (χ1v) is 8.69. The summed E-state index contributed by atoms with van der Waals surface area (Å²) in [4.78, 5) is 24.4. The fourth-order valence-corrected chi connectivity index (χ4v) is 2.94. The van der Waals surface area contributed by atoms with Gasteiger partial charge < -0.3 is 18.8 Å². The van der Waals surface area contributed by atoms with Crippen molar-refractivity contribution in [1.29, 1.82) is 0 Å². The second-order valence-electron chi connectivity index (χ2n) is 6.44. The first-order valence-electron chi connectivity index (χ1n) is 8.69. The second-order valence-corrected chi connectivity index (χ2v) is 6.44. The van der Waals surface area contributed by atoms with E-state index in [2.05, 4.69) is 0 Å². The minimum Gasteiger partial charge on any atom is -0.493 e. The molecule has 0 amide bonds. The Kier molecular flexibility index (Phi) is 6.94. The maximum atomic E-state index is 12.7. The first-order chi connectivity index (χ1) is 13.6. The third-order valence-corrected chi connectivity index (χ3v) is 4.37. The lowest BCUT2D eigenvalue weighted by Gasteiger charge is -2.12. The van der Waals surface area contributed by atoms with Crippen LogP contribution in [-0.4, -0.2) is 43.3 Å². The van der Waals surface area contributed by atoms with Crippen molar-refractivity contribution in [3.63, 3.8) is 0 Å². The Morgan fingerprint density at radius 2 is 1.69 bits per heavy atom. The molecule has 0 unspecified atom stereocenters. The second kappa shape index (κ2) is 9.02. The molecule has 0 atom stereocenters. The Hall–Kier alpha value is -2.97. The number of carbonyl (C=O) groups excluding carboxylic acids is 2. The molecule has 9 heteroatoms. The van der Waals surface area contributed by atoms with Gasteiger partial charge in [0.05, 0.1) is 20.6 Å². The molecule has 1 aromatic heterocycles. The molecule has 29 heavy (non-hydrogen) atoms. The molecule has 0 aliphatic rings. The molecule has 1 aromatic carbocycles. The van der Waals surface area contributed by atoms with Crippen LogP contribution in [0.1, 0.15) is 27.3 Å². The van der Waals surface area contributed by atoms with E-state index in [1.165, 1.54) is 34.1 Å². The monoisotopic (exact) mass is 413 g/mol. The lowest BCUT2D eigenvalue weighted by molar-refractivity contribution is -0.142. The number of alkyl halides is 3. The highest BCUT2D eigenvalue weighted by atomic mass is 19.4. The minimum atomic E-state index is -4.40. The molecule has 0 aliphatic carbocycles. The molecule has 0 saturated carbocycles. The van der Waals surface area contributed by atoms with Gasteiger partial charge in [-0.2, -0.15) is 13.2 Å². The standard InChI is InChI=1S/C20H22F3NO5/c1-12-7-15(13(2)24(12)11-20(21,22)23)16(25)10-29-19(26)9-14-5-6-17(27-3)18(8-14)28-4/h5-8H,9-11H2,1-4H3. The molecule has 158 valence electrons. The van der Waals surface area contributed by atoms with E-state index >= 15 is 0 Å². The molecule has 0 N–H and O–H groups in total. The lowest BCUT2D eigenvalue weighted by Crippen LogP contribution is -2.20.